The number of anilines is 1. The molecule has 0 bridgehead atoms. The van der Waals surface area contributed by atoms with E-state index in [2.05, 4.69) is 15.6 Å². The van der Waals surface area contributed by atoms with Gasteiger partial charge in [-0.1, -0.05) is 54.6 Å². The number of carbonyl (C=O) groups is 2. The van der Waals surface area contributed by atoms with Crippen molar-refractivity contribution in [1.82, 2.24) is 10.3 Å². The molecule has 4 aromatic rings. The van der Waals surface area contributed by atoms with E-state index < -0.39 is 5.91 Å². The van der Waals surface area contributed by atoms with Crippen molar-refractivity contribution in [2.75, 3.05) is 5.32 Å². The highest BCUT2D eigenvalue weighted by molar-refractivity contribution is 6.11. The van der Waals surface area contributed by atoms with Crippen LogP contribution in [0.25, 0.3) is 17.0 Å². The SMILES string of the molecule is O=C(Nc1ccccc1)C(=Cc1c[nH]c2ccccc12)NC(=O)c1ccccc1. The molecule has 142 valence electrons. The van der Waals surface area contributed by atoms with E-state index in [9.17, 15) is 9.59 Å². The van der Waals surface area contributed by atoms with Crippen LogP contribution in [0.2, 0.25) is 0 Å². The molecule has 4 rings (SSSR count). The second kappa shape index (κ2) is 8.27. The third kappa shape index (κ3) is 4.25. The molecule has 29 heavy (non-hydrogen) atoms. The summed E-state index contributed by atoms with van der Waals surface area (Å²) in [5, 5.41) is 6.54. The van der Waals surface area contributed by atoms with Crippen LogP contribution in [0.1, 0.15) is 15.9 Å². The third-order valence-corrected chi connectivity index (χ3v) is 4.48. The average Bonchev–Trinajstić information content (AvgIpc) is 3.17. The van der Waals surface area contributed by atoms with Crippen LogP contribution in [0.15, 0.2) is 96.8 Å². The largest absolute Gasteiger partial charge is 0.361 e. The van der Waals surface area contributed by atoms with Gasteiger partial charge in [-0.15, -0.1) is 0 Å². The molecule has 5 nitrogen and oxygen atoms in total. The van der Waals surface area contributed by atoms with Gasteiger partial charge in [0.05, 0.1) is 0 Å². The lowest BCUT2D eigenvalue weighted by atomic mass is 10.1. The van der Waals surface area contributed by atoms with E-state index >= 15 is 0 Å². The van der Waals surface area contributed by atoms with Crippen LogP contribution in [0.5, 0.6) is 0 Å². The van der Waals surface area contributed by atoms with Crippen molar-refractivity contribution >= 4 is 34.5 Å². The molecule has 0 saturated carbocycles. The van der Waals surface area contributed by atoms with Gasteiger partial charge < -0.3 is 15.6 Å². The molecule has 0 aliphatic rings. The summed E-state index contributed by atoms with van der Waals surface area (Å²) in [5.41, 5.74) is 3.05. The Hall–Kier alpha value is -4.12. The molecular weight excluding hydrogens is 362 g/mol. The van der Waals surface area contributed by atoms with Crippen molar-refractivity contribution in [1.29, 1.82) is 0 Å². The molecule has 1 heterocycles. The van der Waals surface area contributed by atoms with E-state index in [0.717, 1.165) is 16.5 Å². The second-order valence-electron chi connectivity index (χ2n) is 6.49. The number of hydrogen-bond donors (Lipinski definition) is 3. The number of hydrogen-bond acceptors (Lipinski definition) is 2. The number of benzene rings is 3. The summed E-state index contributed by atoms with van der Waals surface area (Å²) < 4.78 is 0. The standard InChI is InChI=1S/C24H19N3O2/c28-23(17-9-3-1-4-10-17)27-22(24(29)26-19-11-5-2-6-12-19)15-18-16-25-21-14-8-7-13-20(18)21/h1-16,25H,(H,26,29)(H,27,28). The number of aromatic nitrogens is 1. The Morgan fingerprint density at radius 1 is 0.793 bits per heavy atom. The summed E-state index contributed by atoms with van der Waals surface area (Å²) in [6.45, 7) is 0. The number of H-pyrrole nitrogens is 1. The minimum absolute atomic E-state index is 0.160. The first kappa shape index (κ1) is 18.3. The van der Waals surface area contributed by atoms with E-state index in [1.165, 1.54) is 0 Å². The first-order valence-electron chi connectivity index (χ1n) is 9.21. The van der Waals surface area contributed by atoms with Gasteiger partial charge in [0.1, 0.15) is 5.70 Å². The number of amides is 2. The number of aromatic amines is 1. The lowest BCUT2D eigenvalue weighted by molar-refractivity contribution is -0.113. The van der Waals surface area contributed by atoms with Crippen molar-refractivity contribution in [2.24, 2.45) is 0 Å². The molecule has 0 atom stereocenters. The first-order chi connectivity index (χ1) is 14.2. The zero-order valence-corrected chi connectivity index (χ0v) is 15.6. The van der Waals surface area contributed by atoms with Gasteiger partial charge in [0.2, 0.25) is 0 Å². The Morgan fingerprint density at radius 3 is 2.21 bits per heavy atom. The fourth-order valence-corrected chi connectivity index (χ4v) is 3.03. The van der Waals surface area contributed by atoms with Crippen LogP contribution >= 0.6 is 0 Å². The second-order valence-corrected chi connectivity index (χ2v) is 6.49. The van der Waals surface area contributed by atoms with Crippen LogP contribution in [0.3, 0.4) is 0 Å². The molecule has 5 heteroatoms. The summed E-state index contributed by atoms with van der Waals surface area (Å²) in [4.78, 5) is 28.8. The molecule has 0 radical (unpaired) electrons. The first-order valence-corrected chi connectivity index (χ1v) is 9.21. The van der Waals surface area contributed by atoms with Crippen LogP contribution in [-0.4, -0.2) is 16.8 Å². The Balaban J connectivity index is 1.68. The summed E-state index contributed by atoms with van der Waals surface area (Å²) in [6.07, 6.45) is 3.49. The summed E-state index contributed by atoms with van der Waals surface area (Å²) >= 11 is 0. The fraction of sp³-hybridized carbons (Fsp3) is 0. The minimum atomic E-state index is -0.397. The van der Waals surface area contributed by atoms with Crippen molar-refractivity contribution in [3.05, 3.63) is 108 Å². The highest BCUT2D eigenvalue weighted by Crippen LogP contribution is 2.20. The van der Waals surface area contributed by atoms with Crippen LogP contribution < -0.4 is 10.6 Å². The maximum absolute atomic E-state index is 12.9. The molecule has 0 aliphatic carbocycles. The van der Waals surface area contributed by atoms with E-state index in [1.807, 2.05) is 54.7 Å². The third-order valence-electron chi connectivity index (χ3n) is 4.48. The summed E-state index contributed by atoms with van der Waals surface area (Å²) in [5.74, 6) is -0.745. The number of para-hydroxylation sites is 2. The highest BCUT2D eigenvalue weighted by atomic mass is 16.2. The molecular formula is C24H19N3O2. The maximum Gasteiger partial charge on any atom is 0.272 e. The quantitative estimate of drug-likeness (QED) is 0.443. The van der Waals surface area contributed by atoms with Gasteiger partial charge in [-0.3, -0.25) is 9.59 Å². The van der Waals surface area contributed by atoms with Gasteiger partial charge in [-0.25, -0.2) is 0 Å². The number of fused-ring (bicyclic) bond motifs is 1. The fourth-order valence-electron chi connectivity index (χ4n) is 3.03. The normalized spacial score (nSPS) is 11.2. The van der Waals surface area contributed by atoms with Gasteiger partial charge >= 0.3 is 0 Å². The predicted molar refractivity (Wildman–Crippen MR) is 115 cm³/mol. The van der Waals surface area contributed by atoms with Gasteiger partial charge in [0, 0.05) is 33.9 Å². The number of carbonyl (C=O) groups excluding carboxylic acids is 2. The monoisotopic (exact) mass is 381 g/mol. The number of rotatable bonds is 5. The Labute approximate surface area is 168 Å². The minimum Gasteiger partial charge on any atom is -0.361 e. The van der Waals surface area contributed by atoms with Gasteiger partial charge in [0.15, 0.2) is 0 Å². The number of nitrogens with one attached hydrogen (secondary N) is 3. The maximum atomic E-state index is 12.9. The molecule has 3 aromatic carbocycles. The molecule has 0 spiro atoms. The van der Waals surface area contributed by atoms with Crippen LogP contribution in [0, 0.1) is 0 Å². The molecule has 0 saturated heterocycles. The molecule has 2 amide bonds. The van der Waals surface area contributed by atoms with Crippen molar-refractivity contribution in [2.45, 2.75) is 0 Å². The van der Waals surface area contributed by atoms with E-state index in [4.69, 9.17) is 0 Å². The van der Waals surface area contributed by atoms with Crippen molar-refractivity contribution in [3.8, 4) is 0 Å². The van der Waals surface area contributed by atoms with E-state index in [1.54, 1.807) is 42.5 Å². The molecule has 0 aliphatic heterocycles. The Morgan fingerprint density at radius 2 is 1.45 bits per heavy atom. The molecule has 0 unspecified atom stereocenters. The van der Waals surface area contributed by atoms with E-state index in [-0.39, 0.29) is 11.6 Å². The summed E-state index contributed by atoms with van der Waals surface area (Å²) in [7, 11) is 0. The van der Waals surface area contributed by atoms with Gasteiger partial charge in [-0.2, -0.15) is 0 Å². The van der Waals surface area contributed by atoms with Crippen LogP contribution in [-0.2, 0) is 4.79 Å². The predicted octanol–water partition coefficient (Wildman–Crippen LogP) is 4.58. The molecule has 1 aromatic heterocycles. The smallest absolute Gasteiger partial charge is 0.272 e. The molecule has 3 N–H and O–H groups in total. The average molecular weight is 381 g/mol. The zero-order chi connectivity index (χ0) is 20.1. The highest BCUT2D eigenvalue weighted by Gasteiger charge is 2.16. The topological polar surface area (TPSA) is 74.0 Å². The van der Waals surface area contributed by atoms with Crippen LogP contribution in [0.4, 0.5) is 5.69 Å². The van der Waals surface area contributed by atoms with Crippen molar-refractivity contribution in [3.63, 3.8) is 0 Å². The van der Waals surface area contributed by atoms with E-state index in [0.29, 0.717) is 11.3 Å². The van der Waals surface area contributed by atoms with Gasteiger partial charge in [0.25, 0.3) is 11.8 Å². The zero-order valence-electron chi connectivity index (χ0n) is 15.6. The lowest BCUT2D eigenvalue weighted by Crippen LogP contribution is -2.30. The van der Waals surface area contributed by atoms with Crippen molar-refractivity contribution < 1.29 is 9.59 Å². The van der Waals surface area contributed by atoms with Gasteiger partial charge in [-0.05, 0) is 36.4 Å². The lowest BCUT2D eigenvalue weighted by Gasteiger charge is -2.11. The Kier molecular flexibility index (Phi) is 5.21. The summed E-state index contributed by atoms with van der Waals surface area (Å²) in [6, 6.07) is 25.7. The molecule has 0 fully saturated rings. The Bertz CT molecular complexity index is 1180.